The average Bonchev–Trinajstić information content (AvgIpc) is 3.69. The minimum atomic E-state index is -4.81. The summed E-state index contributed by atoms with van der Waals surface area (Å²) in [6.45, 7) is 0. The highest BCUT2D eigenvalue weighted by atomic mass is 31.2. The normalized spacial score (nSPS) is 21.3. The fourth-order valence-corrected chi connectivity index (χ4v) is 15.5. The number of rotatable bonds is 6. The van der Waals surface area contributed by atoms with Gasteiger partial charge in [0, 0.05) is 32.5 Å². The number of hydrogen-bond acceptors (Lipinski definition) is 2. The molecule has 16 heteroatoms. The summed E-state index contributed by atoms with van der Waals surface area (Å²) in [5, 5.41) is -0.842. The predicted molar refractivity (Wildman–Crippen MR) is 168 cm³/mol. The maximum Gasteiger partial charge on any atom is 0.416 e. The minimum Gasteiger partial charge on any atom is -0.313 e. The summed E-state index contributed by atoms with van der Waals surface area (Å²) in [5.74, 6) is -1.46. The van der Waals surface area contributed by atoms with Gasteiger partial charge in [0.2, 0.25) is 0 Å². The smallest absolute Gasteiger partial charge is 0.313 e. The standard InChI is InChI=1S/C35H24F12O2P2/c36-32(37,38)22-3-11-26(12-4-22)50(48,27-13-5-23(6-14-27)33(39,40)41)30-20-1-2-21(19-20)31(30)51(49,28-15-7-24(8-16-28)34(42,43)44)29-17-9-25(10-18-29)35(45,46)47/h1-18,20-21,30-31H,19H2/t20-,21+,30-,31-/m1/s1. The second-order valence-corrected chi connectivity index (χ2v) is 18.3. The molecule has 51 heavy (non-hydrogen) atoms. The Balaban J connectivity index is 1.61. The molecular weight excluding hydrogens is 742 g/mol. The van der Waals surface area contributed by atoms with Crippen molar-refractivity contribution in [3.8, 4) is 0 Å². The van der Waals surface area contributed by atoms with Crippen LogP contribution in [0.5, 0.6) is 0 Å². The Labute approximate surface area is 282 Å². The molecular formula is C35H24F12O2P2. The zero-order chi connectivity index (χ0) is 37.4. The third-order valence-electron chi connectivity index (χ3n) is 9.53. The quantitative estimate of drug-likeness (QED) is 0.111. The van der Waals surface area contributed by atoms with Crippen LogP contribution in [0.2, 0.25) is 0 Å². The SMILES string of the molecule is O=P(c1ccc(C(F)(F)F)cc1)(c1ccc(C(F)(F)F)cc1)[C@H]1[C@H](P(=O)(c2ccc(C(F)(F)F)cc2)c2ccc(C(F)(F)F)cc2)[C@H]2C=C[C@@H]1C2. The van der Waals surface area contributed by atoms with Gasteiger partial charge in [-0.2, -0.15) is 52.7 Å². The third kappa shape index (κ3) is 6.58. The van der Waals surface area contributed by atoms with Gasteiger partial charge in [0.05, 0.1) is 22.3 Å². The molecule has 4 atom stereocenters. The van der Waals surface area contributed by atoms with E-state index in [2.05, 4.69) is 0 Å². The third-order valence-corrected chi connectivity index (χ3v) is 17.1. The van der Waals surface area contributed by atoms with E-state index in [4.69, 9.17) is 0 Å². The van der Waals surface area contributed by atoms with Crippen LogP contribution < -0.4 is 21.2 Å². The highest BCUT2D eigenvalue weighted by molar-refractivity contribution is 7.83. The summed E-state index contributed by atoms with van der Waals surface area (Å²) in [6.07, 6.45) is -15.8. The Kier molecular flexibility index (Phi) is 9.02. The lowest BCUT2D eigenvalue weighted by molar-refractivity contribution is -0.138. The van der Waals surface area contributed by atoms with Crippen molar-refractivity contribution < 1.29 is 61.8 Å². The van der Waals surface area contributed by atoms with Gasteiger partial charge < -0.3 is 9.13 Å². The zero-order valence-corrected chi connectivity index (χ0v) is 27.4. The monoisotopic (exact) mass is 766 g/mol. The largest absolute Gasteiger partial charge is 0.416 e. The zero-order valence-electron chi connectivity index (χ0n) is 25.7. The van der Waals surface area contributed by atoms with Gasteiger partial charge in [-0.1, -0.05) is 60.7 Å². The van der Waals surface area contributed by atoms with Gasteiger partial charge in [-0.15, -0.1) is 0 Å². The Morgan fingerprint density at radius 1 is 0.373 bits per heavy atom. The lowest BCUT2D eigenvalue weighted by atomic mass is 10.1. The molecule has 2 nitrogen and oxygen atoms in total. The molecule has 1 fully saturated rings. The summed E-state index contributed by atoms with van der Waals surface area (Å²) < 4.78 is 194. The van der Waals surface area contributed by atoms with Crippen LogP contribution in [-0.2, 0) is 33.8 Å². The fourth-order valence-electron chi connectivity index (χ4n) is 7.21. The van der Waals surface area contributed by atoms with Gasteiger partial charge in [-0.3, -0.25) is 0 Å². The number of hydrogen-bond donors (Lipinski definition) is 0. The summed E-state index contributed by atoms with van der Waals surface area (Å²) in [7, 11) is -8.88. The minimum absolute atomic E-state index is 0.159. The molecule has 1 saturated carbocycles. The van der Waals surface area contributed by atoms with Crippen LogP contribution in [0.1, 0.15) is 28.7 Å². The Morgan fingerprint density at radius 2 is 0.569 bits per heavy atom. The summed E-state index contributed by atoms with van der Waals surface area (Å²) in [5.41, 5.74) is -7.08. The molecule has 0 unspecified atom stereocenters. The first-order chi connectivity index (χ1) is 23.6. The van der Waals surface area contributed by atoms with Crippen molar-refractivity contribution in [3.05, 3.63) is 131 Å². The lowest BCUT2D eigenvalue weighted by Crippen LogP contribution is -2.41. The molecule has 2 bridgehead atoms. The molecule has 0 aliphatic heterocycles. The second-order valence-electron chi connectivity index (χ2n) is 12.4. The van der Waals surface area contributed by atoms with Gasteiger partial charge in [-0.05, 0) is 66.8 Å². The molecule has 0 saturated heterocycles. The molecule has 0 radical (unpaired) electrons. The van der Waals surface area contributed by atoms with Gasteiger partial charge in [0.25, 0.3) is 0 Å². The van der Waals surface area contributed by atoms with Crippen molar-refractivity contribution in [2.75, 3.05) is 0 Å². The van der Waals surface area contributed by atoms with Gasteiger partial charge in [0.15, 0.2) is 0 Å². The number of allylic oxidation sites excluding steroid dienone is 2. The molecule has 4 aromatic carbocycles. The van der Waals surface area contributed by atoms with Crippen LogP contribution >= 0.6 is 14.3 Å². The van der Waals surface area contributed by atoms with Crippen molar-refractivity contribution in [2.24, 2.45) is 11.8 Å². The number of benzene rings is 4. The highest BCUT2D eigenvalue weighted by Crippen LogP contribution is 2.70. The Morgan fingerprint density at radius 3 is 0.745 bits per heavy atom. The first kappa shape index (κ1) is 37.0. The second kappa shape index (κ2) is 12.4. The molecule has 0 spiro atoms. The van der Waals surface area contributed by atoms with Crippen molar-refractivity contribution in [2.45, 2.75) is 42.4 Å². The molecule has 0 aromatic heterocycles. The van der Waals surface area contributed by atoms with E-state index in [1.807, 2.05) is 0 Å². The number of fused-ring (bicyclic) bond motifs is 2. The Hall–Kier alpha value is -3.76. The van der Waals surface area contributed by atoms with Gasteiger partial charge in [0.1, 0.15) is 14.3 Å². The topological polar surface area (TPSA) is 34.1 Å². The van der Waals surface area contributed by atoms with Gasteiger partial charge in [-0.25, -0.2) is 0 Å². The van der Waals surface area contributed by atoms with Crippen molar-refractivity contribution >= 4 is 35.5 Å². The van der Waals surface area contributed by atoms with Crippen LogP contribution in [-0.4, -0.2) is 11.3 Å². The predicted octanol–water partition coefficient (Wildman–Crippen LogP) is 10.0. The Bertz CT molecular complexity index is 1760. The van der Waals surface area contributed by atoms with E-state index in [9.17, 15) is 52.7 Å². The van der Waals surface area contributed by atoms with E-state index < -0.39 is 84.4 Å². The van der Waals surface area contributed by atoms with Crippen LogP contribution in [0.4, 0.5) is 52.7 Å². The number of halogens is 12. The number of alkyl halides is 12. The van der Waals surface area contributed by atoms with Gasteiger partial charge >= 0.3 is 24.7 Å². The van der Waals surface area contributed by atoms with E-state index >= 15 is 9.13 Å². The summed E-state index contributed by atoms with van der Waals surface area (Å²) in [4.78, 5) is 0. The van der Waals surface area contributed by atoms with E-state index in [1.165, 1.54) is 0 Å². The van der Waals surface area contributed by atoms with Crippen LogP contribution in [0.3, 0.4) is 0 Å². The van der Waals surface area contributed by atoms with Crippen molar-refractivity contribution in [1.82, 2.24) is 0 Å². The fraction of sp³-hybridized carbons (Fsp3) is 0.257. The van der Waals surface area contributed by atoms with E-state index in [1.54, 1.807) is 12.2 Å². The maximum atomic E-state index is 15.8. The van der Waals surface area contributed by atoms with Crippen molar-refractivity contribution in [1.29, 1.82) is 0 Å². The molecule has 2 aliphatic carbocycles. The van der Waals surface area contributed by atoms with Crippen molar-refractivity contribution in [3.63, 3.8) is 0 Å². The van der Waals surface area contributed by atoms with E-state index in [0.29, 0.717) is 48.5 Å². The maximum absolute atomic E-state index is 15.8. The highest BCUT2D eigenvalue weighted by Gasteiger charge is 2.60. The first-order valence-corrected chi connectivity index (χ1v) is 18.7. The molecule has 0 N–H and O–H groups in total. The van der Waals surface area contributed by atoms with Crippen LogP contribution in [0, 0.1) is 11.8 Å². The molecule has 0 amide bonds. The average molecular weight is 766 g/mol. The molecule has 6 rings (SSSR count). The van der Waals surface area contributed by atoms with Crippen LogP contribution in [0.25, 0.3) is 0 Å². The lowest BCUT2D eigenvalue weighted by Gasteiger charge is -2.40. The molecule has 0 heterocycles. The van der Waals surface area contributed by atoms with E-state index in [0.717, 1.165) is 48.5 Å². The molecule has 270 valence electrons. The molecule has 4 aromatic rings. The van der Waals surface area contributed by atoms with E-state index in [-0.39, 0.29) is 27.6 Å². The first-order valence-electron chi connectivity index (χ1n) is 15.1. The summed E-state index contributed by atoms with van der Waals surface area (Å²) >= 11 is 0. The molecule has 2 aliphatic rings. The van der Waals surface area contributed by atoms with Crippen LogP contribution in [0.15, 0.2) is 109 Å². The summed E-state index contributed by atoms with van der Waals surface area (Å²) in [6, 6.07) is 12.6.